The third kappa shape index (κ3) is 7.51. The molecule has 0 aromatic heterocycles. The van der Waals surface area contributed by atoms with E-state index in [-0.39, 0.29) is 12.2 Å². The third-order valence-corrected chi connectivity index (χ3v) is 5.28. The molecule has 3 rings (SSSR count). The van der Waals surface area contributed by atoms with Crippen LogP contribution in [0.25, 0.3) is 6.08 Å². The number of amides is 2. The van der Waals surface area contributed by atoms with Crippen molar-refractivity contribution < 1.29 is 19.1 Å². The minimum atomic E-state index is -0.532. The van der Waals surface area contributed by atoms with Gasteiger partial charge in [-0.1, -0.05) is 47.5 Å². The second kappa shape index (κ2) is 12.5. The Morgan fingerprint density at radius 2 is 1.69 bits per heavy atom. The van der Waals surface area contributed by atoms with Gasteiger partial charge >= 0.3 is 0 Å². The molecule has 0 atom stereocenters. The zero-order chi connectivity index (χ0) is 25.2. The summed E-state index contributed by atoms with van der Waals surface area (Å²) in [6.45, 7) is 1.87. The number of halogens is 2. The molecule has 0 saturated heterocycles. The minimum absolute atomic E-state index is 0.0778. The van der Waals surface area contributed by atoms with Gasteiger partial charge in [0.2, 0.25) is 0 Å². The molecule has 7 nitrogen and oxygen atoms in total. The van der Waals surface area contributed by atoms with Crippen LogP contribution in [0.5, 0.6) is 11.5 Å². The zero-order valence-corrected chi connectivity index (χ0v) is 20.2. The van der Waals surface area contributed by atoms with E-state index in [9.17, 15) is 14.9 Å². The van der Waals surface area contributed by atoms with E-state index in [0.29, 0.717) is 45.1 Å². The van der Waals surface area contributed by atoms with E-state index >= 15 is 0 Å². The van der Waals surface area contributed by atoms with Crippen molar-refractivity contribution in [3.8, 4) is 17.6 Å². The Hall–Kier alpha value is -3.99. The molecule has 0 aliphatic carbocycles. The molecule has 2 N–H and O–H groups in total. The number of nitrogens with zero attached hydrogens (tertiary/aromatic N) is 1. The number of anilines is 2. The number of carbonyl (C=O) groups excluding carboxylic acids is 2. The minimum Gasteiger partial charge on any atom is -0.490 e. The van der Waals surface area contributed by atoms with Crippen molar-refractivity contribution >= 4 is 52.5 Å². The Kier molecular flexibility index (Phi) is 9.13. The van der Waals surface area contributed by atoms with Gasteiger partial charge in [0.15, 0.2) is 18.1 Å². The molecule has 2 amide bonds. The predicted octanol–water partition coefficient (Wildman–Crippen LogP) is 5.96. The number of nitrogens with one attached hydrogen (secondary N) is 2. The van der Waals surface area contributed by atoms with Crippen molar-refractivity contribution in [2.75, 3.05) is 23.8 Å². The maximum absolute atomic E-state index is 12.5. The summed E-state index contributed by atoms with van der Waals surface area (Å²) >= 11 is 11.9. The molecule has 0 aliphatic heterocycles. The monoisotopic (exact) mass is 509 g/mol. The van der Waals surface area contributed by atoms with E-state index in [1.807, 2.05) is 12.1 Å². The Labute approximate surface area is 212 Å². The summed E-state index contributed by atoms with van der Waals surface area (Å²) in [5, 5.41) is 15.5. The first-order chi connectivity index (χ1) is 16.9. The maximum Gasteiger partial charge on any atom is 0.266 e. The Bertz CT molecular complexity index is 1290. The van der Waals surface area contributed by atoms with Gasteiger partial charge in [0.05, 0.1) is 16.7 Å². The fraction of sp³-hybridized carbons (Fsp3) is 0.115. The van der Waals surface area contributed by atoms with Crippen LogP contribution in [0.1, 0.15) is 12.5 Å². The lowest BCUT2D eigenvalue weighted by atomic mass is 10.1. The van der Waals surface area contributed by atoms with Gasteiger partial charge in [0, 0.05) is 11.4 Å². The summed E-state index contributed by atoms with van der Waals surface area (Å²) < 4.78 is 11.3. The van der Waals surface area contributed by atoms with Gasteiger partial charge in [-0.15, -0.1) is 0 Å². The van der Waals surface area contributed by atoms with Gasteiger partial charge in [-0.3, -0.25) is 9.59 Å². The Morgan fingerprint density at radius 3 is 2.37 bits per heavy atom. The van der Waals surface area contributed by atoms with Crippen LogP contribution in [-0.2, 0) is 9.59 Å². The molecule has 0 bridgehead atoms. The standard InChI is InChI=1S/C26H21Cl2N3O4/c1-2-34-24-13-17(12-18(15-29)26(33)31-19-6-4-3-5-7-19)8-11-23(24)35-16-25(32)30-20-9-10-21(27)22(28)14-20/h3-14H,2,16H2,1H3,(H,30,32)(H,31,33)/b18-12+. The lowest BCUT2D eigenvalue weighted by Crippen LogP contribution is -2.20. The van der Waals surface area contributed by atoms with Crippen LogP contribution in [0.2, 0.25) is 10.0 Å². The fourth-order valence-corrected chi connectivity index (χ4v) is 3.25. The molecule has 0 radical (unpaired) electrons. The summed E-state index contributed by atoms with van der Waals surface area (Å²) in [7, 11) is 0. The Balaban J connectivity index is 1.70. The molecule has 0 fully saturated rings. The fourth-order valence-electron chi connectivity index (χ4n) is 2.95. The van der Waals surface area contributed by atoms with Crippen molar-refractivity contribution in [2.45, 2.75) is 6.92 Å². The molecule has 0 spiro atoms. The normalized spacial score (nSPS) is 10.7. The SMILES string of the molecule is CCOc1cc(/C=C(\C#N)C(=O)Nc2ccccc2)ccc1OCC(=O)Nc1ccc(Cl)c(Cl)c1. The van der Waals surface area contributed by atoms with E-state index in [1.54, 1.807) is 61.5 Å². The predicted molar refractivity (Wildman–Crippen MR) is 137 cm³/mol. The molecule has 9 heteroatoms. The van der Waals surface area contributed by atoms with E-state index in [1.165, 1.54) is 12.1 Å². The molecule has 35 heavy (non-hydrogen) atoms. The van der Waals surface area contributed by atoms with Gasteiger partial charge in [0.1, 0.15) is 11.6 Å². The van der Waals surface area contributed by atoms with Gasteiger partial charge in [-0.25, -0.2) is 0 Å². The van der Waals surface area contributed by atoms with E-state index in [4.69, 9.17) is 32.7 Å². The largest absolute Gasteiger partial charge is 0.490 e. The first-order valence-corrected chi connectivity index (χ1v) is 11.3. The molecular formula is C26H21Cl2N3O4. The smallest absolute Gasteiger partial charge is 0.266 e. The zero-order valence-electron chi connectivity index (χ0n) is 18.7. The average molecular weight is 510 g/mol. The molecule has 178 valence electrons. The van der Waals surface area contributed by atoms with Crippen LogP contribution < -0.4 is 20.1 Å². The number of ether oxygens (including phenoxy) is 2. The highest BCUT2D eigenvalue weighted by molar-refractivity contribution is 6.42. The molecule has 0 unspecified atom stereocenters. The van der Waals surface area contributed by atoms with Crippen molar-refractivity contribution in [2.24, 2.45) is 0 Å². The van der Waals surface area contributed by atoms with Crippen molar-refractivity contribution in [3.63, 3.8) is 0 Å². The van der Waals surface area contributed by atoms with Gasteiger partial charge in [0.25, 0.3) is 11.8 Å². The van der Waals surface area contributed by atoms with Crippen molar-refractivity contribution in [1.82, 2.24) is 0 Å². The number of hydrogen-bond acceptors (Lipinski definition) is 5. The number of carbonyl (C=O) groups is 2. The third-order valence-electron chi connectivity index (χ3n) is 4.54. The quantitative estimate of drug-likeness (QED) is 0.274. The van der Waals surface area contributed by atoms with Crippen LogP contribution >= 0.6 is 23.2 Å². The van der Waals surface area contributed by atoms with E-state index in [0.717, 1.165) is 0 Å². The van der Waals surface area contributed by atoms with Crippen LogP contribution in [0.15, 0.2) is 72.3 Å². The van der Waals surface area contributed by atoms with Crippen molar-refractivity contribution in [1.29, 1.82) is 5.26 Å². The summed E-state index contributed by atoms with van der Waals surface area (Å²) in [6, 6.07) is 20.4. The van der Waals surface area contributed by atoms with Gasteiger partial charge in [-0.2, -0.15) is 5.26 Å². The second-order valence-corrected chi connectivity index (χ2v) is 7.91. The van der Waals surface area contributed by atoms with Crippen LogP contribution in [0.4, 0.5) is 11.4 Å². The van der Waals surface area contributed by atoms with Crippen molar-refractivity contribution in [3.05, 3.63) is 87.9 Å². The molecule has 0 heterocycles. The second-order valence-electron chi connectivity index (χ2n) is 7.09. The highest BCUT2D eigenvalue weighted by Crippen LogP contribution is 2.30. The average Bonchev–Trinajstić information content (AvgIpc) is 2.85. The molecule has 3 aromatic rings. The number of hydrogen-bond donors (Lipinski definition) is 2. The van der Waals surface area contributed by atoms with Crippen LogP contribution in [0, 0.1) is 11.3 Å². The maximum atomic E-state index is 12.5. The molecule has 0 aliphatic rings. The Morgan fingerprint density at radius 1 is 0.914 bits per heavy atom. The topological polar surface area (TPSA) is 100 Å². The van der Waals surface area contributed by atoms with Crippen LogP contribution in [-0.4, -0.2) is 25.0 Å². The summed E-state index contributed by atoms with van der Waals surface area (Å²) in [5.74, 6) is -0.236. The van der Waals surface area contributed by atoms with Crippen LogP contribution in [0.3, 0.4) is 0 Å². The van der Waals surface area contributed by atoms with E-state index < -0.39 is 11.8 Å². The van der Waals surface area contributed by atoms with Gasteiger partial charge < -0.3 is 20.1 Å². The number of para-hydroxylation sites is 1. The lowest BCUT2D eigenvalue weighted by Gasteiger charge is -2.13. The number of benzene rings is 3. The van der Waals surface area contributed by atoms with Gasteiger partial charge in [-0.05, 0) is 61.0 Å². The highest BCUT2D eigenvalue weighted by atomic mass is 35.5. The number of rotatable bonds is 9. The summed E-state index contributed by atoms with van der Waals surface area (Å²) in [5.41, 5.74) is 1.54. The molecule has 0 saturated carbocycles. The highest BCUT2D eigenvalue weighted by Gasteiger charge is 2.13. The summed E-state index contributed by atoms with van der Waals surface area (Å²) in [6.07, 6.45) is 1.45. The number of nitriles is 1. The molecular weight excluding hydrogens is 489 g/mol. The lowest BCUT2D eigenvalue weighted by molar-refractivity contribution is -0.118. The van der Waals surface area contributed by atoms with E-state index in [2.05, 4.69) is 10.6 Å². The molecule has 3 aromatic carbocycles. The summed E-state index contributed by atoms with van der Waals surface area (Å²) in [4.78, 5) is 24.8. The first kappa shape index (κ1) is 25.6. The first-order valence-electron chi connectivity index (χ1n) is 10.5.